The van der Waals surface area contributed by atoms with Gasteiger partial charge in [0.15, 0.2) is 6.29 Å². The average Bonchev–Trinajstić information content (AvgIpc) is 3.88. The van der Waals surface area contributed by atoms with Gasteiger partial charge in [-0.2, -0.15) is 0 Å². The number of carbonyl (C=O) groups is 3. The number of nitrogens with one attached hydrogen (secondary N) is 3. The van der Waals surface area contributed by atoms with Gasteiger partial charge >= 0.3 is 6.03 Å². The third kappa shape index (κ3) is 8.43. The van der Waals surface area contributed by atoms with E-state index in [-0.39, 0.29) is 58.8 Å². The molecular weight excluding hydrogens is 862 g/mol. The molecule has 17 heteroatoms. The van der Waals surface area contributed by atoms with E-state index in [1.165, 1.54) is 19.2 Å². The minimum Gasteiger partial charge on any atom is -0.508 e. The van der Waals surface area contributed by atoms with E-state index < -0.39 is 12.3 Å². The third-order valence-electron chi connectivity index (χ3n) is 13.9. The summed E-state index contributed by atoms with van der Waals surface area (Å²) in [7, 11) is 3.35. The second-order valence-electron chi connectivity index (χ2n) is 17.8. The molecule has 67 heavy (non-hydrogen) atoms. The summed E-state index contributed by atoms with van der Waals surface area (Å²) in [6, 6.07) is 13.7. The summed E-state index contributed by atoms with van der Waals surface area (Å²) < 4.78 is 26.5. The predicted octanol–water partition coefficient (Wildman–Crippen LogP) is 6.01. The van der Waals surface area contributed by atoms with E-state index in [9.17, 15) is 38.9 Å². The Labute approximate surface area is 387 Å². The molecule has 3 atom stereocenters. The van der Waals surface area contributed by atoms with Crippen LogP contribution in [-0.4, -0.2) is 81.9 Å². The number of hydrazine groups is 1. The van der Waals surface area contributed by atoms with Crippen LogP contribution in [0.2, 0.25) is 0 Å². The summed E-state index contributed by atoms with van der Waals surface area (Å²) >= 11 is 0. The SMILES string of the molecule is CC.CCc1cc(C2NNC(=O)N2c2ccc(CN3CC4(CC(OC=O)C4)C3)cc2)c(O)cc1O.CNC1CCc2c(C)c(F)cc3nc4c(c1c23)Cn1c-4cc(C(O)C=O)c(COC)c1=O. The number of likely N-dealkylation sites (tertiary alicyclic amines) is 1. The minimum atomic E-state index is -1.45. The normalized spacial score (nSPS) is 19.2. The molecule has 3 fully saturated rings. The zero-order chi connectivity index (χ0) is 47.9. The molecule has 1 saturated carbocycles. The van der Waals surface area contributed by atoms with Gasteiger partial charge in [-0.15, -0.1) is 0 Å². The van der Waals surface area contributed by atoms with E-state index in [0.29, 0.717) is 70.4 Å². The van der Waals surface area contributed by atoms with Gasteiger partial charge in [-0.05, 0) is 98.2 Å². The lowest BCUT2D eigenvalue weighted by Gasteiger charge is -2.58. The molecule has 0 radical (unpaired) electrons. The number of halogens is 1. The second kappa shape index (κ2) is 19.2. The van der Waals surface area contributed by atoms with Crippen molar-refractivity contribution < 1.29 is 43.6 Å². The molecule has 5 aliphatic rings. The monoisotopic (exact) mass is 919 g/mol. The molecule has 3 aromatic carbocycles. The molecule has 0 bridgehead atoms. The van der Waals surface area contributed by atoms with Crippen molar-refractivity contribution in [2.45, 2.75) is 104 Å². The number of aldehydes is 1. The van der Waals surface area contributed by atoms with Gasteiger partial charge in [-0.1, -0.05) is 32.9 Å². The number of amides is 2. The van der Waals surface area contributed by atoms with Gasteiger partial charge in [-0.3, -0.25) is 24.8 Å². The minimum absolute atomic E-state index is 0.0222. The van der Waals surface area contributed by atoms with Crippen molar-refractivity contribution in [3.05, 3.63) is 115 Å². The highest BCUT2D eigenvalue weighted by molar-refractivity contribution is 5.95. The largest absolute Gasteiger partial charge is 0.508 e. The zero-order valence-electron chi connectivity index (χ0n) is 38.6. The van der Waals surface area contributed by atoms with Crippen molar-refractivity contribution in [2.75, 3.05) is 32.1 Å². The fourth-order valence-electron chi connectivity index (χ4n) is 10.7. The molecule has 354 valence electrons. The molecule has 3 aliphatic heterocycles. The lowest BCUT2D eigenvalue weighted by atomic mass is 9.61. The molecule has 2 amide bonds. The molecule has 16 nitrogen and oxygen atoms in total. The quantitative estimate of drug-likeness (QED) is 0.0779. The second-order valence-corrected chi connectivity index (χ2v) is 17.8. The van der Waals surface area contributed by atoms with Gasteiger partial charge < -0.3 is 39.5 Å². The standard InChI is InChI=1S/C24H24FN3O4.C24H28N4O5.C2H6/c1-11-12-4-5-17(26-2)22-14-8-28-19(23(14)27-18(21(12)22)7-16(11)25)6-13(20(30)9-29)15(10-32-3)24(28)31;1-2-16-7-19(21(31)8-20(16)30)22-25-26-23(32)28(22)17-5-3-15(4-6-17)11-27-12-24(13-27)9-18(10-24)33-14-29;1-2/h6-7,9,17,20,26,30H,4-5,8,10H2,1-3H3;3-8,14,18,22,25,30-31H,2,9-13H2,1H3,(H,26,32);1-2H3. The molecule has 1 spiro atoms. The molecule has 3 unspecified atom stereocenters. The Morgan fingerprint density at radius 1 is 1.04 bits per heavy atom. The maximum absolute atomic E-state index is 14.7. The van der Waals surface area contributed by atoms with Gasteiger partial charge in [0.1, 0.15) is 35.7 Å². The summed E-state index contributed by atoms with van der Waals surface area (Å²) in [6.45, 7) is 11.4. The number of methoxy groups -OCH3 is 1. The molecule has 2 aliphatic carbocycles. The number of anilines is 1. The van der Waals surface area contributed by atoms with Crippen LogP contribution >= 0.6 is 0 Å². The number of carbonyl (C=O) groups excluding carboxylic acids is 3. The maximum atomic E-state index is 14.7. The Balaban J connectivity index is 0.000000175. The number of nitrogens with zero attached hydrogens (tertiary/aromatic N) is 4. The van der Waals surface area contributed by atoms with Crippen molar-refractivity contribution in [1.29, 1.82) is 0 Å². The lowest BCUT2D eigenvalue weighted by molar-refractivity contribution is -0.165. The highest BCUT2D eigenvalue weighted by Crippen LogP contribution is 2.50. The Kier molecular flexibility index (Phi) is 13.5. The summed E-state index contributed by atoms with van der Waals surface area (Å²) in [5.41, 5.74) is 14.3. The van der Waals surface area contributed by atoms with Crippen LogP contribution < -0.4 is 26.6 Å². The lowest BCUT2D eigenvalue weighted by Crippen LogP contribution is -2.63. The van der Waals surface area contributed by atoms with Gasteiger partial charge in [0.2, 0.25) is 0 Å². The molecule has 10 rings (SSSR count). The van der Waals surface area contributed by atoms with E-state index in [1.54, 1.807) is 28.5 Å². The van der Waals surface area contributed by atoms with Crippen molar-refractivity contribution in [2.24, 2.45) is 5.41 Å². The number of aliphatic hydroxyl groups excluding tert-OH is 1. The van der Waals surface area contributed by atoms with Crippen LogP contribution in [0.3, 0.4) is 0 Å². The van der Waals surface area contributed by atoms with E-state index >= 15 is 0 Å². The van der Waals surface area contributed by atoms with Crippen LogP contribution in [-0.2, 0) is 51.6 Å². The fourth-order valence-corrected chi connectivity index (χ4v) is 10.7. The molecule has 5 aromatic rings. The number of aliphatic hydroxyl groups is 1. The highest BCUT2D eigenvalue weighted by atomic mass is 19.1. The first-order valence-electron chi connectivity index (χ1n) is 22.8. The van der Waals surface area contributed by atoms with Gasteiger partial charge in [0, 0.05) is 83.7 Å². The molecule has 2 aromatic heterocycles. The number of benzene rings is 3. The number of aryl methyl sites for hydroxylation is 2. The van der Waals surface area contributed by atoms with Gasteiger partial charge in [0.25, 0.3) is 12.0 Å². The first kappa shape index (κ1) is 47.3. The van der Waals surface area contributed by atoms with Crippen molar-refractivity contribution >= 4 is 35.4 Å². The first-order valence-corrected chi connectivity index (χ1v) is 22.8. The van der Waals surface area contributed by atoms with Crippen molar-refractivity contribution in [1.82, 2.24) is 30.6 Å². The molecular formula is C50H58FN7O9. The summed E-state index contributed by atoms with van der Waals surface area (Å²) in [5, 5.41) is 35.0. The molecule has 2 saturated heterocycles. The Hall–Kier alpha value is -6.24. The first-order chi connectivity index (χ1) is 32.3. The number of aromatic nitrogens is 2. The number of ether oxygens (including phenoxy) is 2. The van der Waals surface area contributed by atoms with Gasteiger partial charge in [0.05, 0.1) is 30.1 Å². The number of hydrogen-bond acceptors (Lipinski definition) is 13. The Morgan fingerprint density at radius 3 is 2.43 bits per heavy atom. The zero-order valence-corrected chi connectivity index (χ0v) is 38.6. The maximum Gasteiger partial charge on any atom is 0.337 e. The van der Waals surface area contributed by atoms with Crippen LogP contribution in [0.1, 0.15) is 108 Å². The predicted molar refractivity (Wildman–Crippen MR) is 249 cm³/mol. The van der Waals surface area contributed by atoms with Crippen molar-refractivity contribution in [3.63, 3.8) is 0 Å². The summed E-state index contributed by atoms with van der Waals surface area (Å²) in [6.07, 6.45) is 2.48. The number of fused-ring (bicyclic) bond motifs is 4. The van der Waals surface area contributed by atoms with Crippen LogP contribution in [0.5, 0.6) is 11.5 Å². The van der Waals surface area contributed by atoms with E-state index in [2.05, 4.69) is 21.1 Å². The number of pyridine rings is 2. The topological polar surface area (TPSA) is 208 Å². The number of urea groups is 1. The number of hydrogen-bond donors (Lipinski definition) is 6. The fraction of sp³-hybridized carbons (Fsp3) is 0.420. The smallest absolute Gasteiger partial charge is 0.337 e. The van der Waals surface area contributed by atoms with E-state index in [1.807, 2.05) is 52.1 Å². The third-order valence-corrected chi connectivity index (χ3v) is 13.9. The Bertz CT molecular complexity index is 2780. The van der Waals surface area contributed by atoms with Crippen LogP contribution in [0.4, 0.5) is 14.9 Å². The summed E-state index contributed by atoms with van der Waals surface area (Å²) in [4.78, 5) is 56.4. The number of aromatic hydroxyl groups is 2. The average molecular weight is 920 g/mol. The Morgan fingerprint density at radius 2 is 1.78 bits per heavy atom. The molecule has 5 heterocycles. The van der Waals surface area contributed by atoms with Crippen LogP contribution in [0.25, 0.3) is 22.3 Å². The van der Waals surface area contributed by atoms with Crippen LogP contribution in [0, 0.1) is 18.2 Å². The van der Waals surface area contributed by atoms with Crippen LogP contribution in [0.15, 0.2) is 53.3 Å². The van der Waals surface area contributed by atoms with Gasteiger partial charge in [-0.25, -0.2) is 19.6 Å². The van der Waals surface area contributed by atoms with Crippen molar-refractivity contribution in [3.8, 4) is 22.9 Å². The highest BCUT2D eigenvalue weighted by Gasteiger charge is 2.53. The number of phenolic OH excluding ortho intramolecular Hbond substituents is 2. The summed E-state index contributed by atoms with van der Waals surface area (Å²) in [5.74, 6) is -0.339. The number of rotatable bonds is 12. The van der Waals surface area contributed by atoms with E-state index in [0.717, 1.165) is 73.0 Å². The number of phenols is 2. The van der Waals surface area contributed by atoms with E-state index in [4.69, 9.17) is 14.5 Å². The molecule has 6 N–H and O–H groups in total.